The first-order valence-corrected chi connectivity index (χ1v) is 11.2. The number of halogens is 1. The van der Waals surface area contributed by atoms with E-state index in [1.165, 1.54) is 12.1 Å². The quantitative estimate of drug-likeness (QED) is 0.621. The zero-order valence-corrected chi connectivity index (χ0v) is 18.6. The number of aryl methyl sites for hydroxylation is 1. The summed E-state index contributed by atoms with van der Waals surface area (Å²) in [4.78, 5) is 18.5. The highest BCUT2D eigenvalue weighted by Crippen LogP contribution is 2.44. The van der Waals surface area contributed by atoms with Gasteiger partial charge in [-0.2, -0.15) is 5.10 Å². The van der Waals surface area contributed by atoms with Crippen LogP contribution in [0, 0.1) is 5.82 Å². The van der Waals surface area contributed by atoms with Crippen molar-refractivity contribution in [1.29, 1.82) is 0 Å². The van der Waals surface area contributed by atoms with E-state index in [-0.39, 0.29) is 29.7 Å². The molecule has 4 heterocycles. The highest BCUT2D eigenvalue weighted by molar-refractivity contribution is 5.75. The molecule has 8 nitrogen and oxygen atoms in total. The van der Waals surface area contributed by atoms with Gasteiger partial charge in [0.25, 0.3) is 0 Å². The van der Waals surface area contributed by atoms with Gasteiger partial charge in [0, 0.05) is 49.0 Å². The zero-order valence-electron chi connectivity index (χ0n) is 18.6. The molecule has 1 atom stereocenters. The molecule has 1 saturated heterocycles. The van der Waals surface area contributed by atoms with Crippen LogP contribution in [0.15, 0.2) is 42.6 Å². The summed E-state index contributed by atoms with van der Waals surface area (Å²) in [6.45, 7) is 5.00. The molecule has 1 unspecified atom stereocenters. The Kier molecular flexibility index (Phi) is 5.39. The molecule has 33 heavy (non-hydrogen) atoms. The Morgan fingerprint density at radius 1 is 1.27 bits per heavy atom. The molecule has 2 amide bonds. The third-order valence-corrected chi connectivity index (χ3v) is 6.56. The second kappa shape index (κ2) is 8.38. The summed E-state index contributed by atoms with van der Waals surface area (Å²) in [5.41, 5.74) is 9.42. The van der Waals surface area contributed by atoms with E-state index >= 15 is 0 Å². The first-order chi connectivity index (χ1) is 16.0. The lowest BCUT2D eigenvalue weighted by atomic mass is 9.82. The van der Waals surface area contributed by atoms with Gasteiger partial charge in [-0.15, -0.1) is 0 Å². The van der Waals surface area contributed by atoms with E-state index in [9.17, 15) is 9.18 Å². The van der Waals surface area contributed by atoms with Gasteiger partial charge in [-0.25, -0.2) is 14.2 Å². The average molecular weight is 451 g/mol. The predicted octanol–water partition coefficient (Wildman–Crippen LogP) is 3.32. The number of nitrogens with one attached hydrogen (secondary N) is 1. The van der Waals surface area contributed by atoms with Gasteiger partial charge in [-0.05, 0) is 49.6 Å². The SMILES string of the molecule is CCNC(=O)N1CCC2(CCn3nc(-c4cnc(N)c(OCc5cccc(F)c5)c4)cc32)C1. The lowest BCUT2D eigenvalue weighted by Crippen LogP contribution is -2.40. The molecule has 3 aromatic rings. The van der Waals surface area contributed by atoms with E-state index < -0.39 is 0 Å². The number of hydrogen-bond donors (Lipinski definition) is 2. The largest absolute Gasteiger partial charge is 0.485 e. The second-order valence-electron chi connectivity index (χ2n) is 8.70. The summed E-state index contributed by atoms with van der Waals surface area (Å²) >= 11 is 0. The van der Waals surface area contributed by atoms with E-state index in [1.54, 1.807) is 18.3 Å². The van der Waals surface area contributed by atoms with Gasteiger partial charge in [0.2, 0.25) is 0 Å². The average Bonchev–Trinajstić information content (AvgIpc) is 3.50. The normalized spacial score (nSPS) is 19.2. The maximum Gasteiger partial charge on any atom is 0.317 e. The summed E-state index contributed by atoms with van der Waals surface area (Å²) in [7, 11) is 0. The topological polar surface area (TPSA) is 98.3 Å². The maximum atomic E-state index is 13.4. The molecular formula is C24H27FN6O2. The van der Waals surface area contributed by atoms with Crippen LogP contribution in [0.4, 0.5) is 15.0 Å². The second-order valence-corrected chi connectivity index (χ2v) is 8.70. The van der Waals surface area contributed by atoms with Crippen LogP contribution in [-0.4, -0.2) is 45.3 Å². The number of carbonyl (C=O) groups excluding carboxylic acids is 1. The molecule has 2 aromatic heterocycles. The van der Waals surface area contributed by atoms with Crippen LogP contribution in [-0.2, 0) is 18.6 Å². The number of rotatable bonds is 5. The smallest absolute Gasteiger partial charge is 0.317 e. The van der Waals surface area contributed by atoms with Gasteiger partial charge in [-0.3, -0.25) is 4.68 Å². The van der Waals surface area contributed by atoms with Gasteiger partial charge in [0.1, 0.15) is 12.4 Å². The fourth-order valence-corrected chi connectivity index (χ4v) is 4.82. The summed E-state index contributed by atoms with van der Waals surface area (Å²) < 4.78 is 21.3. The number of pyridine rings is 1. The lowest BCUT2D eigenvalue weighted by Gasteiger charge is -2.23. The van der Waals surface area contributed by atoms with Crippen molar-refractivity contribution >= 4 is 11.8 Å². The van der Waals surface area contributed by atoms with Crippen molar-refractivity contribution in [2.75, 3.05) is 25.4 Å². The molecule has 1 fully saturated rings. The molecule has 3 N–H and O–H groups in total. The minimum Gasteiger partial charge on any atom is -0.485 e. The standard InChI is InChI=1S/C24H27FN6O2/c1-2-27-23(32)30-8-6-24(15-30)7-9-31-21(24)12-19(29-31)17-11-20(22(26)28-13-17)33-14-16-4-3-5-18(25)10-16/h3-5,10-13H,2,6-9,14-15H2,1H3,(H2,26,28)(H,27,32). The number of amides is 2. The van der Waals surface area contributed by atoms with Crippen LogP contribution in [0.5, 0.6) is 5.75 Å². The monoisotopic (exact) mass is 450 g/mol. The number of aromatic nitrogens is 3. The van der Waals surface area contributed by atoms with E-state index in [1.807, 2.05) is 22.6 Å². The van der Waals surface area contributed by atoms with Crippen molar-refractivity contribution in [2.45, 2.75) is 38.3 Å². The minimum atomic E-state index is -0.310. The molecular weight excluding hydrogens is 423 g/mol. The molecule has 0 radical (unpaired) electrons. The summed E-state index contributed by atoms with van der Waals surface area (Å²) in [6.07, 6.45) is 3.59. The van der Waals surface area contributed by atoms with Crippen molar-refractivity contribution in [2.24, 2.45) is 0 Å². The Balaban J connectivity index is 1.36. The third-order valence-electron chi connectivity index (χ3n) is 6.56. The van der Waals surface area contributed by atoms with Crippen LogP contribution in [0.25, 0.3) is 11.3 Å². The molecule has 0 saturated carbocycles. The molecule has 0 bridgehead atoms. The fourth-order valence-electron chi connectivity index (χ4n) is 4.82. The third kappa shape index (κ3) is 3.99. The van der Waals surface area contributed by atoms with E-state index in [0.29, 0.717) is 24.4 Å². The van der Waals surface area contributed by atoms with Crippen LogP contribution < -0.4 is 15.8 Å². The van der Waals surface area contributed by atoms with Crippen molar-refractivity contribution in [3.05, 3.63) is 59.7 Å². The first-order valence-electron chi connectivity index (χ1n) is 11.2. The van der Waals surface area contributed by atoms with Crippen LogP contribution in [0.2, 0.25) is 0 Å². The number of anilines is 1. The number of ether oxygens (including phenoxy) is 1. The highest BCUT2D eigenvalue weighted by atomic mass is 19.1. The Hall–Kier alpha value is -3.62. The van der Waals surface area contributed by atoms with Gasteiger partial charge < -0.3 is 20.7 Å². The van der Waals surface area contributed by atoms with Gasteiger partial charge in [0.15, 0.2) is 11.6 Å². The van der Waals surface area contributed by atoms with Gasteiger partial charge >= 0.3 is 6.03 Å². The predicted molar refractivity (Wildman–Crippen MR) is 122 cm³/mol. The number of hydrogen-bond acceptors (Lipinski definition) is 5. The zero-order chi connectivity index (χ0) is 23.0. The Morgan fingerprint density at radius 3 is 2.94 bits per heavy atom. The number of nitrogen functional groups attached to an aromatic ring is 1. The number of likely N-dealkylation sites (tertiary alicyclic amines) is 1. The molecule has 2 aliphatic heterocycles. The maximum absolute atomic E-state index is 13.4. The molecule has 1 spiro atoms. The number of urea groups is 1. The van der Waals surface area contributed by atoms with Crippen LogP contribution in [0.1, 0.15) is 31.0 Å². The summed E-state index contributed by atoms with van der Waals surface area (Å²) in [6, 6.07) is 10.2. The Labute approximate surface area is 191 Å². The van der Waals surface area contributed by atoms with Crippen LogP contribution in [0.3, 0.4) is 0 Å². The molecule has 9 heteroatoms. The molecule has 0 aliphatic carbocycles. The number of benzene rings is 1. The minimum absolute atomic E-state index is 0.00427. The van der Waals surface area contributed by atoms with E-state index in [2.05, 4.69) is 16.4 Å². The highest BCUT2D eigenvalue weighted by Gasteiger charge is 2.46. The van der Waals surface area contributed by atoms with Crippen molar-refractivity contribution < 1.29 is 13.9 Å². The number of nitrogens with two attached hydrogens (primary N) is 1. The molecule has 5 rings (SSSR count). The summed E-state index contributed by atoms with van der Waals surface area (Å²) in [5.74, 6) is 0.393. The fraction of sp³-hybridized carbons (Fsp3) is 0.375. The van der Waals surface area contributed by atoms with Crippen molar-refractivity contribution in [1.82, 2.24) is 25.0 Å². The first kappa shape index (κ1) is 21.2. The van der Waals surface area contributed by atoms with E-state index in [0.717, 1.165) is 42.9 Å². The Bertz CT molecular complexity index is 1200. The van der Waals surface area contributed by atoms with Gasteiger partial charge in [0.05, 0.1) is 5.69 Å². The number of nitrogens with zero attached hydrogens (tertiary/aromatic N) is 4. The van der Waals surface area contributed by atoms with Crippen molar-refractivity contribution in [3.8, 4) is 17.0 Å². The van der Waals surface area contributed by atoms with Gasteiger partial charge in [-0.1, -0.05) is 12.1 Å². The number of carbonyl (C=O) groups is 1. The molecule has 2 aliphatic rings. The molecule has 172 valence electrons. The number of fused-ring (bicyclic) bond motifs is 2. The van der Waals surface area contributed by atoms with Crippen LogP contribution >= 0.6 is 0 Å². The lowest BCUT2D eigenvalue weighted by molar-refractivity contribution is 0.206. The van der Waals surface area contributed by atoms with E-state index in [4.69, 9.17) is 15.6 Å². The summed E-state index contributed by atoms with van der Waals surface area (Å²) in [5, 5.41) is 7.70. The van der Waals surface area contributed by atoms with Crippen molar-refractivity contribution in [3.63, 3.8) is 0 Å². The molecule has 1 aromatic carbocycles. The Morgan fingerprint density at radius 2 is 2.12 bits per heavy atom.